The van der Waals surface area contributed by atoms with Crippen LogP contribution in [0.3, 0.4) is 0 Å². The number of hydrogen-bond acceptors (Lipinski definition) is 7. The van der Waals surface area contributed by atoms with Gasteiger partial charge in [-0.25, -0.2) is 23.2 Å². The van der Waals surface area contributed by atoms with Crippen LogP contribution in [0.5, 0.6) is 0 Å². The van der Waals surface area contributed by atoms with E-state index in [0.29, 0.717) is 17.0 Å². The molecule has 0 spiro atoms. The molecule has 14 heteroatoms. The number of carboxylic acids is 1. The van der Waals surface area contributed by atoms with Crippen molar-refractivity contribution in [2.24, 2.45) is 0 Å². The topological polar surface area (TPSA) is 121 Å². The second-order valence-electron chi connectivity index (χ2n) is 9.09. The van der Waals surface area contributed by atoms with Gasteiger partial charge in [0.25, 0.3) is 10.0 Å². The van der Waals surface area contributed by atoms with Crippen molar-refractivity contribution < 1.29 is 18.3 Å². The van der Waals surface area contributed by atoms with Crippen molar-refractivity contribution >= 4 is 74.0 Å². The maximum Gasteiger partial charge on any atom is 0.327 e. The van der Waals surface area contributed by atoms with Crippen molar-refractivity contribution in [3.63, 3.8) is 0 Å². The number of fused-ring (bicyclic) bond motifs is 1. The molecule has 2 aromatic carbocycles. The van der Waals surface area contributed by atoms with E-state index in [1.54, 1.807) is 49.8 Å². The highest BCUT2D eigenvalue weighted by molar-refractivity contribution is 7.93. The molecule has 0 saturated heterocycles. The summed E-state index contributed by atoms with van der Waals surface area (Å²) in [6.07, 6.45) is 5.12. The summed E-state index contributed by atoms with van der Waals surface area (Å²) < 4.78 is 30.2. The first-order valence-corrected chi connectivity index (χ1v) is 14.3. The number of halogens is 3. The van der Waals surface area contributed by atoms with Gasteiger partial charge >= 0.3 is 5.97 Å². The number of aromatic nitrogens is 3. The van der Waals surface area contributed by atoms with E-state index < -0.39 is 22.0 Å². The Labute approximate surface area is 249 Å². The quantitative estimate of drug-likeness (QED) is 0.233. The summed E-state index contributed by atoms with van der Waals surface area (Å²) in [5.74, 6) is -0.0482. The lowest BCUT2D eigenvalue weighted by Crippen LogP contribution is -2.45. The van der Waals surface area contributed by atoms with Gasteiger partial charge in [0.15, 0.2) is 5.82 Å². The largest absolute Gasteiger partial charge is 0.480 e. The molecule has 0 aliphatic heterocycles. The second kappa shape index (κ2) is 13.0. The minimum atomic E-state index is -4.34. The fraction of sp³-hybridized carbons (Fsp3) is 0.269. The standard InChI is InChI=1S/C26H28Cl2N6O4S.ClH/c1-4-22(26(35)36)34(39(37,38)21-13-18(27)12-19(28)14-21)20-5-6-23-17(11-20)7-9-33(23)25-16-30-24(15-31-25)29-8-10-32(2)3;/h5-7,9,11-16,22H,4,8,10H2,1-3H3,(H,29,30)(H,35,36);1H. The molecule has 0 aliphatic rings. The molecule has 214 valence electrons. The molecule has 0 radical (unpaired) electrons. The van der Waals surface area contributed by atoms with Gasteiger partial charge in [-0.15, -0.1) is 12.4 Å². The Kier molecular flexibility index (Phi) is 10.3. The van der Waals surface area contributed by atoms with E-state index in [9.17, 15) is 18.3 Å². The molecule has 0 amide bonds. The van der Waals surface area contributed by atoms with E-state index in [1.165, 1.54) is 18.2 Å². The van der Waals surface area contributed by atoms with Gasteiger partial charge in [-0.1, -0.05) is 30.1 Å². The zero-order valence-electron chi connectivity index (χ0n) is 22.0. The number of anilines is 2. The number of nitrogens with one attached hydrogen (secondary N) is 1. The highest BCUT2D eigenvalue weighted by atomic mass is 35.5. The van der Waals surface area contributed by atoms with Gasteiger partial charge in [0.1, 0.15) is 11.9 Å². The minimum Gasteiger partial charge on any atom is -0.480 e. The van der Waals surface area contributed by atoms with Gasteiger partial charge in [-0.05, 0) is 63.0 Å². The first kappa shape index (κ1) is 31.4. The molecule has 1 unspecified atom stereocenters. The highest BCUT2D eigenvalue weighted by Gasteiger charge is 2.36. The molecule has 0 saturated carbocycles. The Bertz CT molecular complexity index is 1580. The normalized spacial score (nSPS) is 12.2. The third kappa shape index (κ3) is 6.79. The monoisotopic (exact) mass is 626 g/mol. The van der Waals surface area contributed by atoms with Crippen LogP contribution in [0.1, 0.15) is 13.3 Å². The molecular weight excluding hydrogens is 599 g/mol. The molecule has 2 N–H and O–H groups in total. The van der Waals surface area contributed by atoms with Gasteiger partial charge < -0.3 is 15.3 Å². The number of carbonyl (C=O) groups is 1. The van der Waals surface area contributed by atoms with E-state index in [4.69, 9.17) is 23.2 Å². The van der Waals surface area contributed by atoms with Crippen LogP contribution in [-0.4, -0.2) is 72.2 Å². The fourth-order valence-corrected chi connectivity index (χ4v) is 6.53. The predicted octanol–water partition coefficient (Wildman–Crippen LogP) is 5.18. The van der Waals surface area contributed by atoms with Gasteiger partial charge in [0.05, 0.1) is 28.5 Å². The minimum absolute atomic E-state index is 0. The molecule has 2 aromatic heterocycles. The number of sulfonamides is 1. The molecule has 4 aromatic rings. The van der Waals surface area contributed by atoms with Crippen molar-refractivity contribution in [2.75, 3.05) is 36.8 Å². The second-order valence-corrected chi connectivity index (χ2v) is 11.8. The van der Waals surface area contributed by atoms with Crippen LogP contribution in [-0.2, 0) is 14.8 Å². The average molecular weight is 628 g/mol. The molecule has 40 heavy (non-hydrogen) atoms. The Balaban J connectivity index is 0.00000441. The van der Waals surface area contributed by atoms with Crippen molar-refractivity contribution in [3.8, 4) is 5.82 Å². The van der Waals surface area contributed by atoms with Crippen LogP contribution < -0.4 is 9.62 Å². The number of benzene rings is 2. The predicted molar refractivity (Wildman–Crippen MR) is 161 cm³/mol. The van der Waals surface area contributed by atoms with E-state index in [1.807, 2.05) is 18.7 Å². The summed E-state index contributed by atoms with van der Waals surface area (Å²) >= 11 is 12.1. The molecule has 1 atom stereocenters. The van der Waals surface area contributed by atoms with Crippen molar-refractivity contribution in [1.82, 2.24) is 19.4 Å². The first-order valence-electron chi connectivity index (χ1n) is 12.1. The Morgan fingerprint density at radius 1 is 1.07 bits per heavy atom. The van der Waals surface area contributed by atoms with Crippen LogP contribution in [0.2, 0.25) is 10.0 Å². The summed E-state index contributed by atoms with van der Waals surface area (Å²) in [6.45, 7) is 3.19. The van der Waals surface area contributed by atoms with Crippen LogP contribution in [0.15, 0.2) is 66.0 Å². The lowest BCUT2D eigenvalue weighted by atomic mass is 10.2. The molecule has 10 nitrogen and oxygen atoms in total. The molecule has 4 rings (SSSR count). The Hall–Kier alpha value is -3.09. The van der Waals surface area contributed by atoms with Gasteiger partial charge in [-0.2, -0.15) is 0 Å². The SMILES string of the molecule is CCC(C(=O)O)N(c1ccc2c(ccn2-c2cnc(NCCN(C)C)cn2)c1)S(=O)(=O)c1cc(Cl)cc(Cl)c1.Cl. The molecule has 2 heterocycles. The van der Waals surface area contributed by atoms with Crippen LogP contribution in [0.25, 0.3) is 16.7 Å². The van der Waals surface area contributed by atoms with Crippen molar-refractivity contribution in [1.29, 1.82) is 0 Å². The Morgan fingerprint density at radius 2 is 1.77 bits per heavy atom. The number of hydrogen-bond donors (Lipinski definition) is 2. The average Bonchev–Trinajstić information content (AvgIpc) is 3.29. The Morgan fingerprint density at radius 3 is 2.35 bits per heavy atom. The summed E-state index contributed by atoms with van der Waals surface area (Å²) in [4.78, 5) is 22.9. The lowest BCUT2D eigenvalue weighted by molar-refractivity contribution is -0.138. The molecule has 0 fully saturated rings. The first-order chi connectivity index (χ1) is 18.5. The van der Waals surface area contributed by atoms with Crippen LogP contribution in [0, 0.1) is 0 Å². The number of rotatable bonds is 11. The summed E-state index contributed by atoms with van der Waals surface area (Å²) in [5.41, 5.74) is 0.935. The van der Waals surface area contributed by atoms with Gasteiger partial charge in [-0.3, -0.25) is 8.87 Å². The zero-order valence-corrected chi connectivity index (χ0v) is 25.1. The van der Waals surface area contributed by atoms with E-state index >= 15 is 0 Å². The molecule has 0 aliphatic carbocycles. The maximum atomic E-state index is 13.8. The lowest BCUT2D eigenvalue weighted by Gasteiger charge is -2.30. The van der Waals surface area contributed by atoms with E-state index in [2.05, 4.69) is 20.2 Å². The van der Waals surface area contributed by atoms with E-state index in [-0.39, 0.29) is 39.5 Å². The van der Waals surface area contributed by atoms with Crippen LogP contribution in [0.4, 0.5) is 11.5 Å². The summed E-state index contributed by atoms with van der Waals surface area (Å²) in [6, 6.07) is 9.26. The van der Waals surface area contributed by atoms with Crippen molar-refractivity contribution in [2.45, 2.75) is 24.3 Å². The van der Waals surface area contributed by atoms with E-state index in [0.717, 1.165) is 22.9 Å². The summed E-state index contributed by atoms with van der Waals surface area (Å²) in [7, 11) is -0.362. The number of likely N-dealkylation sites (N-methyl/N-ethyl adjacent to an activating group) is 1. The fourth-order valence-electron chi connectivity index (χ4n) is 4.13. The number of nitrogens with zero attached hydrogens (tertiary/aromatic N) is 5. The van der Waals surface area contributed by atoms with Gasteiger partial charge in [0.2, 0.25) is 0 Å². The maximum absolute atomic E-state index is 13.8. The highest BCUT2D eigenvalue weighted by Crippen LogP contribution is 2.33. The zero-order chi connectivity index (χ0) is 28.3. The van der Waals surface area contributed by atoms with Gasteiger partial charge in [0, 0.05) is 34.7 Å². The third-order valence-corrected chi connectivity index (χ3v) is 8.28. The smallest absolute Gasteiger partial charge is 0.327 e. The third-order valence-electron chi connectivity index (χ3n) is 6.03. The van der Waals surface area contributed by atoms with Crippen LogP contribution >= 0.6 is 35.6 Å². The number of carboxylic acid groups (broad SMARTS) is 1. The molecule has 0 bridgehead atoms. The summed E-state index contributed by atoms with van der Waals surface area (Å²) in [5, 5.41) is 14.1. The molecular formula is C26H29Cl3N6O4S. The van der Waals surface area contributed by atoms with Crippen molar-refractivity contribution in [3.05, 3.63) is 71.1 Å². The number of aliphatic carboxylic acids is 1.